The minimum absolute atomic E-state index is 0.491. The van der Waals surface area contributed by atoms with Crippen molar-refractivity contribution in [2.75, 3.05) is 0 Å². The molecule has 53 valence electrons. The number of hydrogen-bond acceptors (Lipinski definition) is 1. The molecule has 0 spiro atoms. The van der Waals surface area contributed by atoms with E-state index in [4.69, 9.17) is 0 Å². The average Bonchev–Trinajstić information content (AvgIpc) is 2.65. The Labute approximate surface area is 57.0 Å². The van der Waals surface area contributed by atoms with Crippen molar-refractivity contribution in [3.63, 3.8) is 0 Å². The standard InChI is InChI=1S/C7H15N2/c1-3-6(2)8-9-7-4-5-7/h6-7,9H,3-5H2,1-2H3. The lowest BCUT2D eigenvalue weighted by Gasteiger charge is -2.07. The molecule has 2 nitrogen and oxygen atoms in total. The summed E-state index contributed by atoms with van der Waals surface area (Å²) in [5.74, 6) is 0. The van der Waals surface area contributed by atoms with Gasteiger partial charge in [-0.15, -0.1) is 0 Å². The van der Waals surface area contributed by atoms with Crippen LogP contribution in [0.3, 0.4) is 0 Å². The largest absolute Gasteiger partial charge is 0.237 e. The van der Waals surface area contributed by atoms with E-state index in [9.17, 15) is 0 Å². The first-order chi connectivity index (χ1) is 4.33. The zero-order valence-corrected chi connectivity index (χ0v) is 6.22. The van der Waals surface area contributed by atoms with Crippen LogP contribution in [-0.2, 0) is 0 Å². The zero-order chi connectivity index (χ0) is 6.69. The fourth-order valence-electron chi connectivity index (χ4n) is 0.536. The Morgan fingerprint density at radius 2 is 2.33 bits per heavy atom. The smallest absolute Gasteiger partial charge is 0.0385 e. The number of nitrogens with zero attached hydrogens (tertiary/aromatic N) is 1. The molecular weight excluding hydrogens is 112 g/mol. The van der Waals surface area contributed by atoms with Crippen LogP contribution in [0, 0.1) is 0 Å². The maximum Gasteiger partial charge on any atom is 0.0385 e. The van der Waals surface area contributed by atoms with Gasteiger partial charge in [-0.05, 0) is 26.2 Å². The van der Waals surface area contributed by atoms with Crippen molar-refractivity contribution in [1.29, 1.82) is 0 Å². The minimum atomic E-state index is 0.491. The van der Waals surface area contributed by atoms with Gasteiger partial charge >= 0.3 is 0 Å². The summed E-state index contributed by atoms with van der Waals surface area (Å²) in [4.78, 5) is 0. The second-order valence-corrected chi connectivity index (χ2v) is 2.79. The first kappa shape index (κ1) is 7.03. The fraction of sp³-hybridized carbons (Fsp3) is 1.00. The Morgan fingerprint density at radius 1 is 1.67 bits per heavy atom. The van der Waals surface area contributed by atoms with E-state index in [-0.39, 0.29) is 0 Å². The van der Waals surface area contributed by atoms with Gasteiger partial charge in [0.1, 0.15) is 0 Å². The molecule has 1 rings (SSSR count). The third kappa shape index (κ3) is 2.82. The van der Waals surface area contributed by atoms with E-state index in [1.54, 1.807) is 0 Å². The lowest BCUT2D eigenvalue weighted by molar-refractivity contribution is 0.426. The van der Waals surface area contributed by atoms with Crippen molar-refractivity contribution in [3.8, 4) is 0 Å². The first-order valence-corrected chi connectivity index (χ1v) is 3.78. The van der Waals surface area contributed by atoms with Crippen molar-refractivity contribution in [1.82, 2.24) is 10.9 Å². The van der Waals surface area contributed by atoms with Crippen molar-refractivity contribution in [2.24, 2.45) is 0 Å². The quantitative estimate of drug-likeness (QED) is 0.561. The highest BCUT2D eigenvalue weighted by atomic mass is 15.4. The lowest BCUT2D eigenvalue weighted by Crippen LogP contribution is -2.32. The van der Waals surface area contributed by atoms with Crippen LogP contribution in [0.5, 0.6) is 0 Å². The van der Waals surface area contributed by atoms with E-state index in [0.717, 1.165) is 12.5 Å². The van der Waals surface area contributed by atoms with Gasteiger partial charge in [-0.2, -0.15) is 5.43 Å². The molecule has 1 fully saturated rings. The third-order valence-corrected chi connectivity index (χ3v) is 1.65. The summed E-state index contributed by atoms with van der Waals surface area (Å²) >= 11 is 0. The maximum absolute atomic E-state index is 4.25. The van der Waals surface area contributed by atoms with Gasteiger partial charge in [0.15, 0.2) is 0 Å². The van der Waals surface area contributed by atoms with E-state index in [2.05, 4.69) is 24.7 Å². The summed E-state index contributed by atoms with van der Waals surface area (Å²) in [6.07, 6.45) is 3.78. The average molecular weight is 127 g/mol. The van der Waals surface area contributed by atoms with Crippen molar-refractivity contribution in [3.05, 3.63) is 0 Å². The third-order valence-electron chi connectivity index (χ3n) is 1.65. The van der Waals surface area contributed by atoms with Crippen molar-refractivity contribution < 1.29 is 0 Å². The molecule has 0 amide bonds. The number of nitrogens with one attached hydrogen (secondary N) is 1. The molecular formula is C7H15N2. The van der Waals surface area contributed by atoms with Gasteiger partial charge in [0, 0.05) is 12.1 Å². The predicted octanol–water partition coefficient (Wildman–Crippen LogP) is 1.06. The molecule has 1 aliphatic rings. The van der Waals surface area contributed by atoms with Gasteiger partial charge in [0.25, 0.3) is 0 Å². The summed E-state index contributed by atoms with van der Waals surface area (Å²) in [5.41, 5.74) is 7.39. The Kier molecular flexibility index (Phi) is 2.49. The maximum atomic E-state index is 4.25. The summed E-state index contributed by atoms with van der Waals surface area (Å²) in [6.45, 7) is 4.29. The normalized spacial score (nSPS) is 22.0. The second-order valence-electron chi connectivity index (χ2n) is 2.79. The van der Waals surface area contributed by atoms with Crippen molar-refractivity contribution >= 4 is 0 Å². The van der Waals surface area contributed by atoms with Crippen LogP contribution < -0.4 is 10.9 Å². The van der Waals surface area contributed by atoms with E-state index in [1.807, 2.05) is 0 Å². The number of hydrogen-bond donors (Lipinski definition) is 1. The predicted molar refractivity (Wildman–Crippen MR) is 38.0 cm³/mol. The molecule has 1 saturated carbocycles. The number of rotatable bonds is 4. The summed E-state index contributed by atoms with van der Waals surface area (Å²) in [5, 5.41) is 0. The topological polar surface area (TPSA) is 26.1 Å². The second kappa shape index (κ2) is 3.18. The Hall–Kier alpha value is -0.0800. The lowest BCUT2D eigenvalue weighted by atomic mass is 10.3. The monoisotopic (exact) mass is 127 g/mol. The van der Waals surface area contributed by atoms with Gasteiger partial charge in [-0.3, -0.25) is 0 Å². The molecule has 1 unspecified atom stereocenters. The molecule has 0 aromatic rings. The summed E-state index contributed by atoms with van der Waals surface area (Å²) in [7, 11) is 0. The molecule has 1 atom stereocenters. The molecule has 0 bridgehead atoms. The van der Waals surface area contributed by atoms with Gasteiger partial charge in [-0.1, -0.05) is 6.92 Å². The summed E-state index contributed by atoms with van der Waals surface area (Å²) < 4.78 is 0. The van der Waals surface area contributed by atoms with Gasteiger partial charge < -0.3 is 0 Å². The minimum Gasteiger partial charge on any atom is -0.237 e. The van der Waals surface area contributed by atoms with Gasteiger partial charge in [-0.25, -0.2) is 5.43 Å². The molecule has 0 aromatic heterocycles. The van der Waals surface area contributed by atoms with Crippen molar-refractivity contribution in [2.45, 2.75) is 45.2 Å². The highest BCUT2D eigenvalue weighted by molar-refractivity contribution is 4.79. The fourth-order valence-corrected chi connectivity index (χ4v) is 0.536. The van der Waals surface area contributed by atoms with Crippen LogP contribution in [0.25, 0.3) is 0 Å². The van der Waals surface area contributed by atoms with E-state index in [1.165, 1.54) is 12.8 Å². The summed E-state index contributed by atoms with van der Waals surface area (Å²) in [6, 6.07) is 1.21. The van der Waals surface area contributed by atoms with Crippen LogP contribution in [0.1, 0.15) is 33.1 Å². The molecule has 0 aliphatic heterocycles. The first-order valence-electron chi connectivity index (χ1n) is 3.78. The van der Waals surface area contributed by atoms with E-state index in [0.29, 0.717) is 6.04 Å². The van der Waals surface area contributed by atoms with Crippen LogP contribution in [0.15, 0.2) is 0 Å². The van der Waals surface area contributed by atoms with Crippen LogP contribution in [0.4, 0.5) is 0 Å². The van der Waals surface area contributed by atoms with E-state index >= 15 is 0 Å². The molecule has 1 radical (unpaired) electrons. The molecule has 0 aromatic carbocycles. The Bertz CT molecular complexity index is 79.0. The Balaban J connectivity index is 1.90. The van der Waals surface area contributed by atoms with Gasteiger partial charge in [0.05, 0.1) is 0 Å². The molecule has 9 heavy (non-hydrogen) atoms. The molecule has 1 N–H and O–H groups in total. The molecule has 1 aliphatic carbocycles. The van der Waals surface area contributed by atoms with Gasteiger partial charge in [0.2, 0.25) is 0 Å². The van der Waals surface area contributed by atoms with E-state index < -0.39 is 0 Å². The molecule has 0 saturated heterocycles. The zero-order valence-electron chi connectivity index (χ0n) is 6.22. The SMILES string of the molecule is CCC(C)[N]NC1CC1. The molecule has 0 heterocycles. The highest BCUT2D eigenvalue weighted by Crippen LogP contribution is 2.17. The van der Waals surface area contributed by atoms with Crippen LogP contribution in [-0.4, -0.2) is 12.1 Å². The molecule has 2 heteroatoms. The highest BCUT2D eigenvalue weighted by Gasteiger charge is 2.21. The van der Waals surface area contributed by atoms with Crippen LogP contribution in [0.2, 0.25) is 0 Å². The Morgan fingerprint density at radius 3 is 2.78 bits per heavy atom. The van der Waals surface area contributed by atoms with Crippen LogP contribution >= 0.6 is 0 Å².